The van der Waals surface area contributed by atoms with E-state index in [0.29, 0.717) is 5.92 Å². The molecule has 0 saturated carbocycles. The highest BCUT2D eigenvalue weighted by Crippen LogP contribution is 2.33. The predicted molar refractivity (Wildman–Crippen MR) is 77.7 cm³/mol. The smallest absolute Gasteiger partial charge is 0.133 e. The van der Waals surface area contributed by atoms with Crippen molar-refractivity contribution in [2.75, 3.05) is 7.11 Å². The van der Waals surface area contributed by atoms with Crippen molar-refractivity contribution in [3.63, 3.8) is 0 Å². The van der Waals surface area contributed by atoms with E-state index >= 15 is 0 Å². The molecule has 0 amide bonds. The second-order valence-electron chi connectivity index (χ2n) is 5.11. The molecule has 0 aliphatic heterocycles. The highest BCUT2D eigenvalue weighted by molar-refractivity contribution is 5.46. The monoisotopic (exact) mass is 269 g/mol. The Bertz CT molecular complexity index is 637. The second-order valence-corrected chi connectivity index (χ2v) is 5.11. The summed E-state index contributed by atoms with van der Waals surface area (Å²) in [7, 11) is 3.52. The normalized spacial score (nSPS) is 12.2. The summed E-state index contributed by atoms with van der Waals surface area (Å²) < 4.78 is 7.28. The minimum Gasteiger partial charge on any atom is -0.496 e. The molecule has 104 valence electrons. The van der Waals surface area contributed by atoms with Crippen molar-refractivity contribution in [3.05, 3.63) is 47.5 Å². The van der Waals surface area contributed by atoms with Crippen LogP contribution in [0.3, 0.4) is 0 Å². The molecule has 4 nitrogen and oxygen atoms in total. The number of rotatable bonds is 4. The first-order valence-electron chi connectivity index (χ1n) is 6.63. The highest BCUT2D eigenvalue weighted by atomic mass is 16.5. The average Bonchev–Trinajstić information content (AvgIpc) is 2.86. The van der Waals surface area contributed by atoms with Gasteiger partial charge in [0.15, 0.2) is 0 Å². The standard InChI is InChI=1S/C16H19N3O/c1-11(2)12-5-6-15(20-4)13(9-12)14(10-17)16-18-7-8-19(16)3/h5-9,11,14H,1-4H3. The van der Waals surface area contributed by atoms with E-state index in [0.717, 1.165) is 17.1 Å². The summed E-state index contributed by atoms with van der Waals surface area (Å²) in [6.07, 6.45) is 3.55. The lowest BCUT2D eigenvalue weighted by Gasteiger charge is -2.16. The minimum atomic E-state index is -0.427. The average molecular weight is 269 g/mol. The van der Waals surface area contributed by atoms with Crippen LogP contribution in [-0.4, -0.2) is 16.7 Å². The third-order valence-electron chi connectivity index (χ3n) is 3.48. The van der Waals surface area contributed by atoms with Crippen LogP contribution in [0.5, 0.6) is 5.75 Å². The van der Waals surface area contributed by atoms with E-state index in [-0.39, 0.29) is 0 Å². The van der Waals surface area contributed by atoms with Gasteiger partial charge < -0.3 is 9.30 Å². The first-order valence-corrected chi connectivity index (χ1v) is 6.63. The van der Waals surface area contributed by atoms with Crippen molar-refractivity contribution in [1.29, 1.82) is 5.26 Å². The Kier molecular flexibility index (Phi) is 4.09. The molecule has 1 aromatic carbocycles. The number of ether oxygens (including phenoxy) is 1. The Morgan fingerprint density at radius 1 is 1.35 bits per heavy atom. The maximum atomic E-state index is 9.57. The maximum absolute atomic E-state index is 9.57. The van der Waals surface area contributed by atoms with Crippen molar-refractivity contribution in [2.45, 2.75) is 25.7 Å². The summed E-state index contributed by atoms with van der Waals surface area (Å²) in [4.78, 5) is 4.30. The number of hydrogen-bond acceptors (Lipinski definition) is 3. The van der Waals surface area contributed by atoms with Crippen LogP contribution in [0.15, 0.2) is 30.6 Å². The van der Waals surface area contributed by atoms with Gasteiger partial charge in [-0.15, -0.1) is 0 Å². The van der Waals surface area contributed by atoms with Crippen molar-refractivity contribution < 1.29 is 4.74 Å². The lowest BCUT2D eigenvalue weighted by atomic mass is 9.93. The van der Waals surface area contributed by atoms with E-state index in [1.54, 1.807) is 13.3 Å². The van der Waals surface area contributed by atoms with E-state index in [9.17, 15) is 5.26 Å². The number of hydrogen-bond donors (Lipinski definition) is 0. The fourth-order valence-electron chi connectivity index (χ4n) is 2.26. The molecule has 2 rings (SSSR count). The fourth-order valence-corrected chi connectivity index (χ4v) is 2.26. The van der Waals surface area contributed by atoms with Crippen LogP contribution in [0.4, 0.5) is 0 Å². The molecule has 1 unspecified atom stereocenters. The lowest BCUT2D eigenvalue weighted by molar-refractivity contribution is 0.408. The third-order valence-corrected chi connectivity index (χ3v) is 3.48. The minimum absolute atomic E-state index is 0.403. The molecule has 0 aliphatic carbocycles. The molecule has 0 bridgehead atoms. The van der Waals surface area contributed by atoms with Crippen LogP contribution >= 0.6 is 0 Å². The SMILES string of the molecule is COc1ccc(C(C)C)cc1C(C#N)c1nccn1C. The first kappa shape index (κ1) is 14.1. The van der Waals surface area contributed by atoms with Gasteiger partial charge in [-0.1, -0.05) is 26.0 Å². The maximum Gasteiger partial charge on any atom is 0.133 e. The summed E-state index contributed by atoms with van der Waals surface area (Å²) in [5.41, 5.74) is 2.06. The molecule has 0 radical (unpaired) electrons. The molecule has 0 fully saturated rings. The Hall–Kier alpha value is -2.28. The number of nitrogens with zero attached hydrogens (tertiary/aromatic N) is 3. The number of benzene rings is 1. The zero-order chi connectivity index (χ0) is 14.7. The molecule has 1 atom stereocenters. The molecule has 1 heterocycles. The van der Waals surface area contributed by atoms with Crippen LogP contribution in [0.1, 0.15) is 42.6 Å². The Morgan fingerprint density at radius 3 is 2.60 bits per heavy atom. The number of nitriles is 1. The molecule has 20 heavy (non-hydrogen) atoms. The van der Waals surface area contributed by atoms with Gasteiger partial charge in [0.1, 0.15) is 17.5 Å². The van der Waals surface area contributed by atoms with Gasteiger partial charge in [-0.2, -0.15) is 5.26 Å². The number of aromatic nitrogens is 2. The molecule has 0 spiro atoms. The van der Waals surface area contributed by atoms with Gasteiger partial charge >= 0.3 is 0 Å². The summed E-state index contributed by atoms with van der Waals surface area (Å²) in [5.74, 6) is 1.43. The second kappa shape index (κ2) is 5.79. The van der Waals surface area contributed by atoms with E-state index in [1.807, 2.05) is 36.0 Å². The third kappa shape index (κ3) is 2.53. The number of aryl methyl sites for hydroxylation is 1. The summed E-state index contributed by atoms with van der Waals surface area (Å²) in [5, 5.41) is 9.57. The largest absolute Gasteiger partial charge is 0.496 e. The Morgan fingerprint density at radius 2 is 2.10 bits per heavy atom. The van der Waals surface area contributed by atoms with Crippen molar-refractivity contribution >= 4 is 0 Å². The fraction of sp³-hybridized carbons (Fsp3) is 0.375. The summed E-state index contributed by atoms with van der Waals surface area (Å²) >= 11 is 0. The van der Waals surface area contributed by atoms with Crippen LogP contribution in [0, 0.1) is 11.3 Å². The van der Waals surface area contributed by atoms with Crippen LogP contribution in [0.25, 0.3) is 0 Å². The van der Waals surface area contributed by atoms with Gasteiger partial charge in [0, 0.05) is 25.0 Å². The molecular formula is C16H19N3O. The van der Waals surface area contributed by atoms with Gasteiger partial charge in [0.25, 0.3) is 0 Å². The molecule has 1 aromatic heterocycles. The molecule has 0 aliphatic rings. The van der Waals surface area contributed by atoms with Crippen LogP contribution in [-0.2, 0) is 7.05 Å². The van der Waals surface area contributed by atoms with Gasteiger partial charge in [0.05, 0.1) is 13.2 Å². The highest BCUT2D eigenvalue weighted by Gasteiger charge is 2.22. The van der Waals surface area contributed by atoms with E-state index < -0.39 is 5.92 Å². The topological polar surface area (TPSA) is 50.8 Å². The van der Waals surface area contributed by atoms with Gasteiger partial charge in [-0.05, 0) is 17.5 Å². The van der Waals surface area contributed by atoms with Crippen molar-refractivity contribution in [3.8, 4) is 11.8 Å². The van der Waals surface area contributed by atoms with Crippen molar-refractivity contribution in [2.24, 2.45) is 7.05 Å². The number of methoxy groups -OCH3 is 1. The molecule has 2 aromatic rings. The zero-order valence-corrected chi connectivity index (χ0v) is 12.3. The van der Waals surface area contributed by atoms with E-state index in [4.69, 9.17) is 4.74 Å². The predicted octanol–water partition coefficient (Wildman–Crippen LogP) is 3.21. The quantitative estimate of drug-likeness (QED) is 0.856. The molecule has 4 heteroatoms. The molecule has 0 saturated heterocycles. The first-order chi connectivity index (χ1) is 9.58. The molecule has 0 N–H and O–H groups in total. The summed E-state index contributed by atoms with van der Waals surface area (Å²) in [6.45, 7) is 4.27. The van der Waals surface area contributed by atoms with E-state index in [1.165, 1.54) is 5.56 Å². The van der Waals surface area contributed by atoms with Gasteiger partial charge in [0.2, 0.25) is 0 Å². The Labute approximate surface area is 119 Å². The van der Waals surface area contributed by atoms with Crippen LogP contribution < -0.4 is 4.74 Å². The van der Waals surface area contributed by atoms with Crippen LogP contribution in [0.2, 0.25) is 0 Å². The summed E-state index contributed by atoms with van der Waals surface area (Å²) in [6, 6.07) is 8.36. The Balaban J connectivity index is 2.56. The van der Waals surface area contributed by atoms with Gasteiger partial charge in [-0.3, -0.25) is 0 Å². The molecular weight excluding hydrogens is 250 g/mol. The van der Waals surface area contributed by atoms with E-state index in [2.05, 4.69) is 24.9 Å². The lowest BCUT2D eigenvalue weighted by Crippen LogP contribution is -2.08. The van der Waals surface area contributed by atoms with Crippen molar-refractivity contribution in [1.82, 2.24) is 9.55 Å². The zero-order valence-electron chi connectivity index (χ0n) is 12.3. The van der Waals surface area contributed by atoms with Gasteiger partial charge in [-0.25, -0.2) is 4.98 Å². The number of imidazole rings is 1.